The van der Waals surface area contributed by atoms with Gasteiger partial charge in [-0.3, -0.25) is 13.9 Å². The molecule has 1 N–H and O–H groups in total. The Balaban J connectivity index is 0.00000300. The Morgan fingerprint density at radius 3 is 2.48 bits per heavy atom. The molecule has 3 aromatic rings. The number of aromatic nitrogens is 4. The van der Waals surface area contributed by atoms with Gasteiger partial charge in [0.15, 0.2) is 0 Å². The molecule has 0 aliphatic rings. The summed E-state index contributed by atoms with van der Waals surface area (Å²) in [5.74, 6) is 0. The van der Waals surface area contributed by atoms with Crippen LogP contribution in [0, 0.1) is 0 Å². The molecule has 0 atom stereocenters. The van der Waals surface area contributed by atoms with Crippen LogP contribution in [0.1, 0.15) is 5.69 Å². The van der Waals surface area contributed by atoms with Crippen LogP contribution in [0.5, 0.6) is 0 Å². The van der Waals surface area contributed by atoms with Gasteiger partial charge in [0.25, 0.3) is 5.56 Å². The fraction of sp³-hybridized carbons (Fsp3) is 0.500. The van der Waals surface area contributed by atoms with E-state index in [0.29, 0.717) is 33.9 Å². The molecule has 0 spiro atoms. The van der Waals surface area contributed by atoms with E-state index in [4.69, 9.17) is 4.74 Å². The van der Waals surface area contributed by atoms with E-state index in [9.17, 15) is 14.7 Å². The summed E-state index contributed by atoms with van der Waals surface area (Å²) in [5, 5.41) is 12.2. The molecule has 8 nitrogen and oxygen atoms in total. The Labute approximate surface area is 196 Å². The number of aliphatic hydroxyl groups excluding tert-OH is 1. The molecule has 153 valence electrons. The van der Waals surface area contributed by atoms with Gasteiger partial charge < -0.3 is 14.4 Å². The second-order valence-corrected chi connectivity index (χ2v) is 14.5. The Morgan fingerprint density at radius 2 is 1.90 bits per heavy atom. The molecule has 29 heavy (non-hydrogen) atoms. The number of nitrogens with zero attached hydrogens (tertiary/aromatic N) is 4. The summed E-state index contributed by atoms with van der Waals surface area (Å²) in [6, 6.07) is 1.04. The van der Waals surface area contributed by atoms with Crippen molar-refractivity contribution in [1.29, 1.82) is 0 Å². The third kappa shape index (κ3) is 5.01. The Bertz CT molecular complexity index is 1130. The van der Waals surface area contributed by atoms with Crippen molar-refractivity contribution in [1.82, 2.24) is 18.7 Å². The minimum Gasteiger partial charge on any atom is -0.390 e. The quantitative estimate of drug-likeness (QED) is 0.441. The van der Waals surface area contributed by atoms with Crippen molar-refractivity contribution >= 4 is 59.9 Å². The number of hydrogen-bond donors (Lipinski definition) is 1. The maximum absolute atomic E-state index is 12.9. The normalized spacial score (nSPS) is 11.8. The average molecular weight is 446 g/mol. The second-order valence-electron chi connectivity index (χ2n) is 8.06. The summed E-state index contributed by atoms with van der Waals surface area (Å²) < 4.78 is 10.3. The fourth-order valence-corrected chi connectivity index (χ4v) is 4.58. The number of fused-ring (bicyclic) bond motifs is 1. The van der Waals surface area contributed by atoms with Gasteiger partial charge in [-0.05, 0) is 6.04 Å². The van der Waals surface area contributed by atoms with Crippen molar-refractivity contribution in [2.45, 2.75) is 39.0 Å². The van der Waals surface area contributed by atoms with Gasteiger partial charge in [0.1, 0.15) is 11.7 Å². The maximum atomic E-state index is 12.9. The topological polar surface area (TPSA) is 91.3 Å². The van der Waals surface area contributed by atoms with Crippen LogP contribution in [0.2, 0.25) is 25.7 Å². The molecule has 0 unspecified atom stereocenters. The first-order chi connectivity index (χ1) is 13.1. The summed E-state index contributed by atoms with van der Waals surface area (Å²) in [7, 11) is 1.90. The fourth-order valence-electron chi connectivity index (χ4n) is 2.95. The molecular weight excluding hydrogens is 419 g/mol. The van der Waals surface area contributed by atoms with Crippen LogP contribution < -0.4 is 11.2 Å². The van der Waals surface area contributed by atoms with Crippen molar-refractivity contribution in [2.24, 2.45) is 14.1 Å². The van der Waals surface area contributed by atoms with Crippen LogP contribution >= 0.6 is 11.3 Å². The van der Waals surface area contributed by atoms with Gasteiger partial charge in [-0.15, -0.1) is 11.3 Å². The monoisotopic (exact) mass is 445 g/mol. The second kappa shape index (κ2) is 9.42. The number of ether oxygens (including phenoxy) is 1. The number of aliphatic hydroxyl groups is 1. The number of aryl methyl sites for hydroxylation is 1. The van der Waals surface area contributed by atoms with Gasteiger partial charge in [-0.25, -0.2) is 9.78 Å². The van der Waals surface area contributed by atoms with E-state index < -0.39 is 8.07 Å². The number of thiazole rings is 1. The van der Waals surface area contributed by atoms with Gasteiger partial charge in [-0.2, -0.15) is 0 Å². The molecule has 0 aliphatic heterocycles. The first kappa shape index (κ1) is 24.3. The van der Waals surface area contributed by atoms with Crippen molar-refractivity contribution < 1.29 is 9.84 Å². The molecule has 0 amide bonds. The van der Waals surface area contributed by atoms with Gasteiger partial charge in [-0.1, -0.05) is 19.6 Å². The summed E-state index contributed by atoms with van der Waals surface area (Å²) in [5.41, 5.74) is 0.953. The van der Waals surface area contributed by atoms with Crippen LogP contribution in [-0.2, 0) is 32.2 Å². The van der Waals surface area contributed by atoms with E-state index in [0.717, 1.165) is 10.6 Å². The molecule has 0 bridgehead atoms. The molecule has 3 heterocycles. The largest absolute Gasteiger partial charge is 0.390 e. The summed E-state index contributed by atoms with van der Waals surface area (Å²) >= 11 is 1.35. The molecule has 0 aliphatic carbocycles. The molecule has 0 saturated heterocycles. The Morgan fingerprint density at radius 1 is 1.21 bits per heavy atom. The van der Waals surface area contributed by atoms with Gasteiger partial charge in [0.2, 0.25) is 0 Å². The maximum Gasteiger partial charge on any atom is 0.330 e. The number of hydrogen-bond acceptors (Lipinski definition) is 6. The summed E-state index contributed by atoms with van der Waals surface area (Å²) in [6.07, 6.45) is 1.77. The minimum absolute atomic E-state index is 0. The van der Waals surface area contributed by atoms with Crippen LogP contribution in [-0.4, -0.2) is 68.0 Å². The van der Waals surface area contributed by atoms with E-state index in [1.54, 1.807) is 18.6 Å². The van der Waals surface area contributed by atoms with Crippen molar-refractivity contribution in [3.8, 4) is 10.7 Å². The van der Waals surface area contributed by atoms with E-state index in [-0.39, 0.29) is 54.1 Å². The van der Waals surface area contributed by atoms with E-state index in [1.807, 2.05) is 4.57 Å². The zero-order valence-electron chi connectivity index (χ0n) is 17.9. The van der Waals surface area contributed by atoms with Crippen LogP contribution in [0.15, 0.2) is 21.2 Å². The minimum atomic E-state index is -1.21. The molecule has 0 aromatic carbocycles. The van der Waals surface area contributed by atoms with E-state index in [1.165, 1.54) is 23.0 Å². The van der Waals surface area contributed by atoms with Crippen LogP contribution in [0.3, 0.4) is 0 Å². The Kier molecular flexibility index (Phi) is 7.88. The number of rotatable bonds is 7. The van der Waals surface area contributed by atoms with E-state index in [2.05, 4.69) is 24.6 Å². The SMILES string of the molecule is Cn1c(=O)c2c(-c3nc(CO)cs3)n(COCC[Si](C)(C)C)cc2n(C)c1=O.[Na]. The predicted octanol–water partition coefficient (Wildman–Crippen LogP) is 1.59. The van der Waals surface area contributed by atoms with E-state index >= 15 is 0 Å². The molecule has 0 fully saturated rings. The van der Waals surface area contributed by atoms with Crippen molar-refractivity contribution in [2.75, 3.05) is 6.61 Å². The third-order valence-corrected chi connectivity index (χ3v) is 7.26. The van der Waals surface area contributed by atoms with Crippen LogP contribution in [0.25, 0.3) is 21.6 Å². The molecule has 0 saturated carbocycles. The van der Waals surface area contributed by atoms with Crippen molar-refractivity contribution in [3.05, 3.63) is 38.1 Å². The molecular formula is C18H26N4NaO4SSi. The smallest absolute Gasteiger partial charge is 0.330 e. The first-order valence-electron chi connectivity index (χ1n) is 9.06. The standard InChI is InChI=1S/C18H26N4O4SSi.Na/c1-20-13-8-22(11-26-6-7-28(3,4)5)15(16-19-12(9-23)10-27-16)14(13)17(24)21(2)18(20)25;/h8,10,23H,6-7,9,11H2,1-5H3;. The zero-order chi connectivity index (χ0) is 20.6. The predicted molar refractivity (Wildman–Crippen MR) is 119 cm³/mol. The summed E-state index contributed by atoms with van der Waals surface area (Å²) in [4.78, 5) is 29.6. The molecule has 3 rings (SSSR count). The zero-order valence-corrected chi connectivity index (χ0v) is 21.7. The van der Waals surface area contributed by atoms with Crippen LogP contribution in [0.4, 0.5) is 0 Å². The summed E-state index contributed by atoms with van der Waals surface area (Å²) in [6.45, 7) is 7.60. The molecule has 11 heteroatoms. The van der Waals surface area contributed by atoms with Gasteiger partial charge >= 0.3 is 5.69 Å². The van der Waals surface area contributed by atoms with Gasteiger partial charge in [0.05, 0.1) is 28.9 Å². The molecule has 1 radical (unpaired) electrons. The van der Waals surface area contributed by atoms with Gasteiger partial charge in [0, 0.05) is 69.9 Å². The Hall–Kier alpha value is -1.01. The van der Waals surface area contributed by atoms with Crippen molar-refractivity contribution in [3.63, 3.8) is 0 Å². The third-order valence-electron chi connectivity index (χ3n) is 4.66. The average Bonchev–Trinajstić information content (AvgIpc) is 3.25. The first-order valence-corrected chi connectivity index (χ1v) is 13.6. The molecule has 3 aromatic heterocycles.